The Labute approximate surface area is 175 Å². The maximum absolute atomic E-state index is 11.0. The van der Waals surface area contributed by atoms with Crippen LogP contribution in [0.3, 0.4) is 0 Å². The maximum atomic E-state index is 11.0. The minimum absolute atomic E-state index is 0.688. The average molecular weight is 393 g/mol. The van der Waals surface area contributed by atoms with Crippen LogP contribution in [0.15, 0.2) is 54.6 Å². The molecule has 3 heteroatoms. The van der Waals surface area contributed by atoms with E-state index in [-0.39, 0.29) is 0 Å². The van der Waals surface area contributed by atoms with Gasteiger partial charge in [-0.25, -0.2) is 4.98 Å². The van der Waals surface area contributed by atoms with Gasteiger partial charge in [0.05, 0.1) is 11.0 Å². The van der Waals surface area contributed by atoms with Crippen LogP contribution in [-0.2, 0) is 6.54 Å². The average Bonchev–Trinajstić information content (AvgIpc) is 3.14. The van der Waals surface area contributed by atoms with E-state index in [4.69, 9.17) is 4.98 Å². The van der Waals surface area contributed by atoms with Crippen LogP contribution in [-0.4, -0.2) is 14.7 Å². The van der Waals surface area contributed by atoms with E-state index in [2.05, 4.69) is 23.6 Å². The van der Waals surface area contributed by atoms with E-state index in [0.29, 0.717) is 0 Å². The lowest BCUT2D eigenvalue weighted by Gasteiger charge is -2.14. The molecule has 0 aliphatic carbocycles. The molecule has 0 aliphatic rings. The Morgan fingerprint density at radius 2 is 1.34 bits per heavy atom. The Kier molecular flexibility index (Phi) is 8.76. The summed E-state index contributed by atoms with van der Waals surface area (Å²) in [5, 5.41) is 11.0. The van der Waals surface area contributed by atoms with Gasteiger partial charge in [0.15, 0.2) is 0 Å². The number of aliphatic hydroxyl groups is 1. The summed E-state index contributed by atoms with van der Waals surface area (Å²) in [6.45, 7) is 3.18. The molecule has 1 atom stereocenters. The largest absolute Gasteiger partial charge is 0.380 e. The highest BCUT2D eigenvalue weighted by Gasteiger charge is 2.19. The Morgan fingerprint density at radius 3 is 2.03 bits per heavy atom. The number of nitrogens with zero attached hydrogens (tertiary/aromatic N) is 2. The van der Waals surface area contributed by atoms with Crippen molar-refractivity contribution in [3.8, 4) is 0 Å². The highest BCUT2D eigenvalue weighted by molar-refractivity contribution is 5.76. The molecule has 3 rings (SSSR count). The van der Waals surface area contributed by atoms with Gasteiger partial charge in [0.1, 0.15) is 11.9 Å². The number of fused-ring (bicyclic) bond motifs is 1. The SMILES string of the molecule is CCCCCCCCCCCCn1c(C(O)c2ccccc2)nc2ccccc21. The van der Waals surface area contributed by atoms with Crippen molar-refractivity contribution in [3.05, 3.63) is 66.0 Å². The van der Waals surface area contributed by atoms with Crippen molar-refractivity contribution >= 4 is 11.0 Å². The molecule has 1 N–H and O–H groups in total. The quantitative estimate of drug-likeness (QED) is 0.317. The molecule has 0 spiro atoms. The first-order valence-electron chi connectivity index (χ1n) is 11.5. The molecule has 0 aliphatic heterocycles. The fourth-order valence-corrected chi connectivity index (χ4v) is 4.08. The fraction of sp³-hybridized carbons (Fsp3) is 0.500. The van der Waals surface area contributed by atoms with Gasteiger partial charge in [0.25, 0.3) is 0 Å². The number of hydrogen-bond donors (Lipinski definition) is 1. The fourth-order valence-electron chi connectivity index (χ4n) is 4.08. The molecule has 1 aromatic heterocycles. The molecule has 0 fully saturated rings. The first kappa shape index (κ1) is 21.6. The second-order valence-electron chi connectivity index (χ2n) is 8.11. The molecule has 29 heavy (non-hydrogen) atoms. The standard InChI is InChI=1S/C26H36N2O/c1-2-3-4-5-6-7-8-9-10-16-21-28-24-20-15-14-19-23(24)27-26(28)25(29)22-17-12-11-13-18-22/h11-15,17-20,25,29H,2-10,16,21H2,1H3. The summed E-state index contributed by atoms with van der Waals surface area (Å²) in [5.74, 6) is 0.758. The van der Waals surface area contributed by atoms with Crippen LogP contribution in [0, 0.1) is 0 Å². The number of aliphatic hydroxyl groups excluding tert-OH is 1. The Bertz CT molecular complexity index is 840. The predicted octanol–water partition coefficient (Wildman–Crippen LogP) is 7.04. The van der Waals surface area contributed by atoms with Crippen LogP contribution >= 0.6 is 0 Å². The summed E-state index contributed by atoms with van der Waals surface area (Å²) >= 11 is 0. The van der Waals surface area contributed by atoms with Gasteiger partial charge >= 0.3 is 0 Å². The zero-order valence-electron chi connectivity index (χ0n) is 17.9. The third-order valence-corrected chi connectivity index (χ3v) is 5.78. The molecular formula is C26H36N2O. The van der Waals surface area contributed by atoms with Crippen molar-refractivity contribution in [2.24, 2.45) is 0 Å². The van der Waals surface area contributed by atoms with Crippen molar-refractivity contribution in [1.29, 1.82) is 0 Å². The molecule has 0 bridgehead atoms. The Balaban J connectivity index is 1.55. The summed E-state index contributed by atoms with van der Waals surface area (Å²) in [6.07, 6.45) is 12.6. The topological polar surface area (TPSA) is 38.0 Å². The van der Waals surface area contributed by atoms with Crippen LogP contribution in [0.25, 0.3) is 11.0 Å². The molecule has 1 unspecified atom stereocenters. The first-order valence-corrected chi connectivity index (χ1v) is 11.5. The Hall–Kier alpha value is -2.13. The third-order valence-electron chi connectivity index (χ3n) is 5.78. The third kappa shape index (κ3) is 6.17. The lowest BCUT2D eigenvalue weighted by molar-refractivity contribution is 0.204. The minimum Gasteiger partial charge on any atom is -0.380 e. The molecule has 2 aromatic carbocycles. The predicted molar refractivity (Wildman–Crippen MR) is 122 cm³/mol. The smallest absolute Gasteiger partial charge is 0.143 e. The molecule has 1 heterocycles. The summed E-state index contributed by atoms with van der Waals surface area (Å²) in [7, 11) is 0. The molecule has 0 radical (unpaired) electrons. The highest BCUT2D eigenvalue weighted by Crippen LogP contribution is 2.26. The molecule has 0 amide bonds. The zero-order chi connectivity index (χ0) is 20.3. The van der Waals surface area contributed by atoms with Gasteiger partial charge in [-0.05, 0) is 24.1 Å². The normalized spacial score (nSPS) is 12.5. The second-order valence-corrected chi connectivity index (χ2v) is 8.11. The van der Waals surface area contributed by atoms with E-state index in [0.717, 1.165) is 35.4 Å². The number of aryl methyl sites for hydroxylation is 1. The summed E-state index contributed by atoms with van der Waals surface area (Å²) < 4.78 is 2.22. The van der Waals surface area contributed by atoms with E-state index in [1.54, 1.807) is 0 Å². The van der Waals surface area contributed by atoms with Crippen LogP contribution in [0.4, 0.5) is 0 Å². The first-order chi connectivity index (χ1) is 14.3. The Morgan fingerprint density at radius 1 is 0.759 bits per heavy atom. The minimum atomic E-state index is -0.688. The van der Waals surface area contributed by atoms with Crippen molar-refractivity contribution in [2.75, 3.05) is 0 Å². The van der Waals surface area contributed by atoms with Crippen molar-refractivity contribution in [1.82, 2.24) is 9.55 Å². The van der Waals surface area contributed by atoms with Crippen LogP contribution in [0.1, 0.15) is 88.6 Å². The molecule has 0 saturated heterocycles. The van der Waals surface area contributed by atoms with Crippen LogP contribution in [0.5, 0.6) is 0 Å². The van der Waals surface area contributed by atoms with E-state index >= 15 is 0 Å². The summed E-state index contributed by atoms with van der Waals surface area (Å²) in [4.78, 5) is 4.77. The monoisotopic (exact) mass is 392 g/mol. The van der Waals surface area contributed by atoms with Gasteiger partial charge in [-0.3, -0.25) is 0 Å². The highest BCUT2D eigenvalue weighted by atomic mass is 16.3. The van der Waals surface area contributed by atoms with E-state index in [1.807, 2.05) is 42.5 Å². The number of benzene rings is 2. The van der Waals surface area contributed by atoms with Gasteiger partial charge in [0.2, 0.25) is 0 Å². The van der Waals surface area contributed by atoms with Crippen molar-refractivity contribution in [3.63, 3.8) is 0 Å². The van der Waals surface area contributed by atoms with E-state index < -0.39 is 6.10 Å². The van der Waals surface area contributed by atoms with Gasteiger partial charge in [-0.1, -0.05) is 107 Å². The summed E-state index contributed by atoms with van der Waals surface area (Å²) in [5.41, 5.74) is 2.98. The number of unbranched alkanes of at least 4 members (excludes halogenated alkanes) is 9. The van der Waals surface area contributed by atoms with E-state index in [1.165, 1.54) is 57.8 Å². The number of imidazole rings is 1. The number of aromatic nitrogens is 2. The molecular weight excluding hydrogens is 356 g/mol. The summed E-state index contributed by atoms with van der Waals surface area (Å²) in [6, 6.07) is 18.1. The lowest BCUT2D eigenvalue weighted by Crippen LogP contribution is -2.10. The van der Waals surface area contributed by atoms with Crippen molar-refractivity contribution < 1.29 is 5.11 Å². The molecule has 156 valence electrons. The number of hydrogen-bond acceptors (Lipinski definition) is 2. The van der Waals surface area contributed by atoms with Crippen LogP contribution < -0.4 is 0 Å². The number of para-hydroxylation sites is 2. The van der Waals surface area contributed by atoms with Gasteiger partial charge in [-0.15, -0.1) is 0 Å². The van der Waals surface area contributed by atoms with Gasteiger partial charge < -0.3 is 9.67 Å². The molecule has 3 aromatic rings. The van der Waals surface area contributed by atoms with Gasteiger partial charge in [-0.2, -0.15) is 0 Å². The van der Waals surface area contributed by atoms with E-state index in [9.17, 15) is 5.11 Å². The zero-order valence-corrected chi connectivity index (χ0v) is 17.9. The second kappa shape index (κ2) is 11.8. The maximum Gasteiger partial charge on any atom is 0.143 e. The molecule has 3 nitrogen and oxygen atoms in total. The number of rotatable bonds is 13. The van der Waals surface area contributed by atoms with Crippen LogP contribution in [0.2, 0.25) is 0 Å². The molecule has 0 saturated carbocycles. The lowest BCUT2D eigenvalue weighted by atomic mass is 10.1. The van der Waals surface area contributed by atoms with Crippen molar-refractivity contribution in [2.45, 2.75) is 83.8 Å². The van der Waals surface area contributed by atoms with Gasteiger partial charge in [0, 0.05) is 6.54 Å².